The van der Waals surface area contributed by atoms with Crippen molar-refractivity contribution in [1.82, 2.24) is 9.88 Å². The first-order valence-corrected chi connectivity index (χ1v) is 10.0. The number of carboxylic acids is 1. The van der Waals surface area contributed by atoms with Gasteiger partial charge in [0.2, 0.25) is 0 Å². The van der Waals surface area contributed by atoms with Gasteiger partial charge in [0.15, 0.2) is 0 Å². The minimum atomic E-state index is -0.813. The molecule has 0 spiro atoms. The van der Waals surface area contributed by atoms with Gasteiger partial charge in [-0.3, -0.25) is 4.79 Å². The fraction of sp³-hybridized carbons (Fsp3) is 0.526. The van der Waals surface area contributed by atoms with Gasteiger partial charge in [0.1, 0.15) is 0 Å². The molecular formula is C19H27Cl2N3O2. The molecule has 5 nitrogen and oxygen atoms in total. The van der Waals surface area contributed by atoms with E-state index in [4.69, 9.17) is 28.3 Å². The van der Waals surface area contributed by atoms with Crippen LogP contribution in [0.4, 0.5) is 5.69 Å². The summed E-state index contributed by atoms with van der Waals surface area (Å²) in [6.45, 7) is 2.32. The molecule has 0 atom stereocenters. The molecule has 1 heterocycles. The molecule has 2 aromatic rings. The highest BCUT2D eigenvalue weighted by atomic mass is 35.5. The number of unbranched alkanes of at least 4 members (excludes halogenated alkanes) is 1. The smallest absolute Gasteiger partial charge is 0.317 e. The van der Waals surface area contributed by atoms with Crippen molar-refractivity contribution in [2.45, 2.75) is 19.3 Å². The first-order valence-electron chi connectivity index (χ1n) is 8.94. The number of hydrogen-bond donors (Lipinski definition) is 2. The fourth-order valence-corrected chi connectivity index (χ4v) is 3.56. The maximum Gasteiger partial charge on any atom is 0.317 e. The van der Waals surface area contributed by atoms with Gasteiger partial charge >= 0.3 is 5.97 Å². The van der Waals surface area contributed by atoms with E-state index in [1.807, 2.05) is 0 Å². The lowest BCUT2D eigenvalue weighted by molar-refractivity contribution is -0.135. The van der Waals surface area contributed by atoms with Crippen LogP contribution in [0.15, 0.2) is 24.3 Å². The average Bonchev–Trinajstić information content (AvgIpc) is 2.93. The maximum atomic E-state index is 10.5. The topological polar surface area (TPSA) is 57.5 Å². The summed E-state index contributed by atoms with van der Waals surface area (Å²) in [6, 6.07) is 8.72. The summed E-state index contributed by atoms with van der Waals surface area (Å²) in [5.74, 6) is 0.335. The van der Waals surface area contributed by atoms with E-state index >= 15 is 0 Å². The molecule has 0 saturated heterocycles. The van der Waals surface area contributed by atoms with Crippen LogP contribution in [0.1, 0.15) is 18.5 Å². The Morgan fingerprint density at radius 2 is 1.92 bits per heavy atom. The molecule has 144 valence electrons. The number of aromatic nitrogens is 1. The largest absolute Gasteiger partial charge is 0.480 e. The van der Waals surface area contributed by atoms with Crippen molar-refractivity contribution in [1.29, 1.82) is 0 Å². The lowest BCUT2D eigenvalue weighted by Gasteiger charge is -2.22. The molecule has 2 rings (SSSR count). The monoisotopic (exact) mass is 399 g/mol. The van der Waals surface area contributed by atoms with Crippen molar-refractivity contribution >= 4 is 45.8 Å². The van der Waals surface area contributed by atoms with Gasteiger partial charge < -0.3 is 19.9 Å². The average molecular weight is 400 g/mol. The highest BCUT2D eigenvalue weighted by molar-refractivity contribution is 6.18. The maximum absolute atomic E-state index is 10.5. The zero-order valence-corrected chi connectivity index (χ0v) is 16.7. The number of carbonyl (C=O) groups is 1. The lowest BCUT2D eigenvalue weighted by Crippen LogP contribution is -2.27. The molecule has 0 fully saturated rings. The Hall–Kier alpha value is -1.43. The number of anilines is 1. The second-order valence-electron chi connectivity index (χ2n) is 6.33. The Kier molecular flexibility index (Phi) is 8.55. The second-order valence-corrected chi connectivity index (χ2v) is 7.09. The SMILES string of the molecule is Cn1c(CCCCNCC(=O)O)cc2cc(N(CCCl)CCCl)ccc21. The van der Waals surface area contributed by atoms with E-state index < -0.39 is 5.97 Å². The highest BCUT2D eigenvalue weighted by Crippen LogP contribution is 2.25. The number of nitrogens with zero attached hydrogens (tertiary/aromatic N) is 2. The van der Waals surface area contributed by atoms with Crippen molar-refractivity contribution in [3.05, 3.63) is 30.0 Å². The van der Waals surface area contributed by atoms with Gasteiger partial charge in [-0.2, -0.15) is 0 Å². The number of fused-ring (bicyclic) bond motifs is 1. The number of halogens is 2. The number of benzene rings is 1. The summed E-state index contributed by atoms with van der Waals surface area (Å²) in [4.78, 5) is 12.7. The van der Waals surface area contributed by atoms with Gasteiger partial charge in [0.25, 0.3) is 0 Å². The van der Waals surface area contributed by atoms with Gasteiger partial charge in [-0.05, 0) is 50.1 Å². The minimum absolute atomic E-state index is 0.0257. The number of alkyl halides is 2. The summed E-state index contributed by atoms with van der Waals surface area (Å²) in [5.41, 5.74) is 3.65. The molecule has 0 aliphatic carbocycles. The Morgan fingerprint density at radius 1 is 1.19 bits per heavy atom. The third kappa shape index (κ3) is 5.79. The molecule has 1 aromatic heterocycles. The molecule has 7 heteroatoms. The summed E-state index contributed by atoms with van der Waals surface area (Å²) >= 11 is 11.8. The third-order valence-electron chi connectivity index (χ3n) is 4.51. The van der Waals surface area contributed by atoms with Gasteiger partial charge in [-0.25, -0.2) is 0 Å². The van der Waals surface area contributed by atoms with Crippen LogP contribution in [-0.2, 0) is 18.3 Å². The van der Waals surface area contributed by atoms with Crippen molar-refractivity contribution < 1.29 is 9.90 Å². The van der Waals surface area contributed by atoms with E-state index in [0.29, 0.717) is 11.8 Å². The van der Waals surface area contributed by atoms with Crippen molar-refractivity contribution in [3.8, 4) is 0 Å². The molecule has 0 radical (unpaired) electrons. The number of rotatable bonds is 12. The van der Waals surface area contributed by atoms with Crippen LogP contribution in [0.2, 0.25) is 0 Å². The standard InChI is InChI=1S/C19H27Cl2N3O2/c1-23-16(4-2-3-9-22-14-19(25)26)12-15-13-17(5-6-18(15)23)24(10-7-20)11-8-21/h5-6,12-13,22H,2-4,7-11,14H2,1H3,(H,25,26). The second kappa shape index (κ2) is 10.7. The Balaban J connectivity index is 2.01. The quantitative estimate of drug-likeness (QED) is 0.423. The van der Waals surface area contributed by atoms with E-state index in [1.165, 1.54) is 16.6 Å². The van der Waals surface area contributed by atoms with Gasteiger partial charge in [-0.1, -0.05) is 0 Å². The molecule has 0 amide bonds. The summed E-state index contributed by atoms with van der Waals surface area (Å²) in [7, 11) is 2.09. The molecule has 0 aliphatic heterocycles. The van der Waals surface area contributed by atoms with Crippen LogP contribution in [-0.4, -0.2) is 53.6 Å². The van der Waals surface area contributed by atoms with Crippen molar-refractivity contribution in [2.24, 2.45) is 7.05 Å². The van der Waals surface area contributed by atoms with Crippen LogP contribution < -0.4 is 10.2 Å². The molecule has 0 bridgehead atoms. The van der Waals surface area contributed by atoms with Crippen LogP contribution in [0.3, 0.4) is 0 Å². The predicted octanol–water partition coefficient (Wildman–Crippen LogP) is 3.46. The van der Waals surface area contributed by atoms with Crippen LogP contribution >= 0.6 is 23.2 Å². The number of aliphatic carboxylic acids is 1. The van der Waals surface area contributed by atoms with E-state index in [1.54, 1.807) is 0 Å². The molecule has 1 aromatic carbocycles. The number of aryl methyl sites for hydroxylation is 2. The highest BCUT2D eigenvalue weighted by Gasteiger charge is 2.10. The van der Waals surface area contributed by atoms with E-state index in [2.05, 4.69) is 46.1 Å². The fourth-order valence-electron chi connectivity index (χ4n) is 3.16. The number of hydrogen-bond acceptors (Lipinski definition) is 3. The molecule has 0 unspecified atom stereocenters. The van der Waals surface area contributed by atoms with Crippen LogP contribution in [0.25, 0.3) is 10.9 Å². The Bertz CT molecular complexity index is 712. The van der Waals surface area contributed by atoms with E-state index in [0.717, 1.165) is 44.6 Å². The van der Waals surface area contributed by atoms with Gasteiger partial charge in [0.05, 0.1) is 6.54 Å². The minimum Gasteiger partial charge on any atom is -0.480 e. The van der Waals surface area contributed by atoms with E-state index in [9.17, 15) is 4.79 Å². The zero-order chi connectivity index (χ0) is 18.9. The normalized spacial score (nSPS) is 11.2. The Labute approximate surface area is 164 Å². The van der Waals surface area contributed by atoms with E-state index in [-0.39, 0.29) is 6.54 Å². The first kappa shape index (κ1) is 20.9. The lowest BCUT2D eigenvalue weighted by atomic mass is 10.1. The molecule has 0 aliphatic rings. The zero-order valence-electron chi connectivity index (χ0n) is 15.2. The Morgan fingerprint density at radius 3 is 2.58 bits per heavy atom. The third-order valence-corrected chi connectivity index (χ3v) is 4.85. The number of carboxylic acid groups (broad SMARTS) is 1. The van der Waals surface area contributed by atoms with Crippen molar-refractivity contribution in [2.75, 3.05) is 42.8 Å². The van der Waals surface area contributed by atoms with Crippen LogP contribution in [0, 0.1) is 0 Å². The number of nitrogens with one attached hydrogen (secondary N) is 1. The summed E-state index contributed by atoms with van der Waals surface area (Å²) < 4.78 is 2.23. The molecule has 26 heavy (non-hydrogen) atoms. The predicted molar refractivity (Wildman–Crippen MR) is 110 cm³/mol. The molecular weight excluding hydrogens is 373 g/mol. The van der Waals surface area contributed by atoms with Gasteiger partial charge in [-0.15, -0.1) is 23.2 Å². The summed E-state index contributed by atoms with van der Waals surface area (Å²) in [6.07, 6.45) is 2.95. The molecule has 0 saturated carbocycles. The molecule has 2 N–H and O–H groups in total. The van der Waals surface area contributed by atoms with Gasteiger partial charge in [0, 0.05) is 54.2 Å². The van der Waals surface area contributed by atoms with Crippen molar-refractivity contribution in [3.63, 3.8) is 0 Å². The van der Waals surface area contributed by atoms with Crippen LogP contribution in [0.5, 0.6) is 0 Å². The first-order chi connectivity index (χ1) is 12.6. The summed E-state index contributed by atoms with van der Waals surface area (Å²) in [5, 5.41) is 12.8.